The van der Waals surface area contributed by atoms with Crippen LogP contribution in [-0.2, 0) is 13.6 Å². The van der Waals surface area contributed by atoms with E-state index >= 15 is 0 Å². The normalized spacial score (nSPS) is 16.6. The largest absolute Gasteiger partial charge is 0.407 e. The first-order chi connectivity index (χ1) is 11.8. The van der Waals surface area contributed by atoms with Crippen LogP contribution in [0.2, 0.25) is 0 Å². The molecule has 1 atom stereocenters. The molecular weight excluding hydrogens is 316 g/mol. The topological polar surface area (TPSA) is 27.7 Å². The Labute approximate surface area is 145 Å². The molecule has 4 heteroatoms. The van der Waals surface area contributed by atoms with Crippen LogP contribution in [-0.4, -0.2) is 35.0 Å². The van der Waals surface area contributed by atoms with Gasteiger partial charge in [-0.3, -0.25) is 0 Å². The molecule has 0 N–H and O–H groups in total. The zero-order valence-corrected chi connectivity index (χ0v) is 15.5. The summed E-state index contributed by atoms with van der Waals surface area (Å²) in [6.45, 7) is 7.32. The number of hydrogen-bond donors (Lipinski definition) is 0. The summed E-state index contributed by atoms with van der Waals surface area (Å²) >= 11 is 0. The molecule has 2 aromatic carbocycles. The van der Waals surface area contributed by atoms with Gasteiger partial charge in [0.05, 0.1) is 13.2 Å². The average molecular weight is 343 g/mol. The second-order valence-electron chi connectivity index (χ2n) is 6.37. The molecule has 0 spiro atoms. The van der Waals surface area contributed by atoms with Crippen molar-refractivity contribution in [3.05, 3.63) is 60.7 Å². The first-order valence-corrected chi connectivity index (χ1v) is 10.5. The predicted molar refractivity (Wildman–Crippen MR) is 99.0 cm³/mol. The summed E-state index contributed by atoms with van der Waals surface area (Å²) in [7, 11) is -2.69. The Bertz CT molecular complexity index is 574. The highest BCUT2D eigenvalue weighted by Crippen LogP contribution is 2.22. The molecule has 3 nitrogen and oxygen atoms in total. The second kappa shape index (κ2) is 8.08. The van der Waals surface area contributed by atoms with Gasteiger partial charge in [-0.1, -0.05) is 67.6 Å². The first kappa shape index (κ1) is 17.4. The summed E-state index contributed by atoms with van der Waals surface area (Å²) < 4.78 is 18.3. The Morgan fingerprint density at radius 3 is 1.92 bits per heavy atom. The molecular formula is C20H26O3Si. The van der Waals surface area contributed by atoms with E-state index in [1.54, 1.807) is 0 Å². The molecule has 1 saturated heterocycles. The molecule has 1 heterocycles. The van der Waals surface area contributed by atoms with Crippen LogP contribution in [0.15, 0.2) is 60.7 Å². The van der Waals surface area contributed by atoms with Crippen molar-refractivity contribution in [1.29, 1.82) is 0 Å². The molecule has 1 fully saturated rings. The van der Waals surface area contributed by atoms with Crippen LogP contribution >= 0.6 is 0 Å². The fraction of sp³-hybridized carbons (Fsp3) is 0.400. The molecule has 128 valence electrons. The Hall–Kier alpha value is -1.46. The van der Waals surface area contributed by atoms with Crippen LogP contribution in [0, 0.1) is 11.8 Å². The van der Waals surface area contributed by atoms with E-state index in [0.717, 1.165) is 23.6 Å². The fourth-order valence-electron chi connectivity index (χ4n) is 3.03. The molecule has 3 rings (SSSR count). The van der Waals surface area contributed by atoms with Crippen molar-refractivity contribution >= 4 is 18.9 Å². The lowest BCUT2D eigenvalue weighted by atomic mass is 9.93. The van der Waals surface area contributed by atoms with Crippen molar-refractivity contribution < 1.29 is 13.6 Å². The highest BCUT2D eigenvalue weighted by Gasteiger charge is 2.43. The lowest BCUT2D eigenvalue weighted by molar-refractivity contribution is -0.0662. The van der Waals surface area contributed by atoms with Crippen molar-refractivity contribution in [2.24, 2.45) is 11.8 Å². The van der Waals surface area contributed by atoms with E-state index in [0.29, 0.717) is 25.0 Å². The molecule has 0 aromatic heterocycles. The summed E-state index contributed by atoms with van der Waals surface area (Å²) in [6.07, 6.45) is 0. The highest BCUT2D eigenvalue weighted by atomic mass is 28.4. The van der Waals surface area contributed by atoms with Gasteiger partial charge in [0, 0.05) is 19.1 Å². The summed E-state index contributed by atoms with van der Waals surface area (Å²) in [5.74, 6) is 1.07. The zero-order chi connectivity index (χ0) is 16.8. The minimum absolute atomic E-state index is 0.471. The maximum absolute atomic E-state index is 6.62. The maximum Gasteiger partial charge on any atom is 0.407 e. The van der Waals surface area contributed by atoms with Crippen molar-refractivity contribution in [1.82, 2.24) is 0 Å². The summed E-state index contributed by atoms with van der Waals surface area (Å²) in [5.41, 5.74) is 0. The smallest absolute Gasteiger partial charge is 0.388 e. The molecule has 0 amide bonds. The van der Waals surface area contributed by atoms with Gasteiger partial charge in [0.2, 0.25) is 0 Å². The minimum Gasteiger partial charge on any atom is -0.388 e. The predicted octanol–water partition coefficient (Wildman–Crippen LogP) is 2.58. The quantitative estimate of drug-likeness (QED) is 0.690. The highest BCUT2D eigenvalue weighted by molar-refractivity contribution is 6.92. The molecule has 2 aromatic rings. The van der Waals surface area contributed by atoms with E-state index in [2.05, 4.69) is 55.5 Å². The van der Waals surface area contributed by atoms with Crippen molar-refractivity contribution in [2.75, 3.05) is 26.4 Å². The molecule has 0 saturated carbocycles. The SMILES string of the molecule is CCO[Si](OCC(C)C1COC1)(c1ccccc1)c1ccccc1. The van der Waals surface area contributed by atoms with Gasteiger partial charge >= 0.3 is 8.56 Å². The van der Waals surface area contributed by atoms with Crippen molar-refractivity contribution in [2.45, 2.75) is 13.8 Å². The van der Waals surface area contributed by atoms with Gasteiger partial charge in [-0.2, -0.15) is 0 Å². The third kappa shape index (κ3) is 3.62. The summed E-state index contributed by atoms with van der Waals surface area (Å²) in [4.78, 5) is 0. The van der Waals surface area contributed by atoms with E-state index in [4.69, 9.17) is 13.6 Å². The van der Waals surface area contributed by atoms with Crippen LogP contribution in [0.5, 0.6) is 0 Å². The van der Waals surface area contributed by atoms with Crippen LogP contribution in [0.25, 0.3) is 0 Å². The lowest BCUT2D eigenvalue weighted by Crippen LogP contribution is -2.64. The number of ether oxygens (including phenoxy) is 1. The third-order valence-corrected chi connectivity index (χ3v) is 8.13. The molecule has 1 aliphatic rings. The minimum atomic E-state index is -2.69. The van der Waals surface area contributed by atoms with Crippen LogP contribution < -0.4 is 10.4 Å². The number of benzene rings is 2. The van der Waals surface area contributed by atoms with Gasteiger partial charge < -0.3 is 13.6 Å². The van der Waals surface area contributed by atoms with Gasteiger partial charge in [0.1, 0.15) is 0 Å². The molecule has 1 aliphatic heterocycles. The second-order valence-corrected chi connectivity index (χ2v) is 9.33. The standard InChI is InChI=1S/C20H26O3Si/c1-3-22-24(19-10-6-4-7-11-19,20-12-8-5-9-13-20)23-14-17(2)18-15-21-16-18/h4-13,17-18H,3,14-16H2,1-2H3. The molecule has 0 aliphatic carbocycles. The maximum atomic E-state index is 6.62. The average Bonchev–Trinajstić information content (AvgIpc) is 2.59. The van der Waals surface area contributed by atoms with Gasteiger partial charge in [0.25, 0.3) is 0 Å². The molecule has 1 unspecified atom stereocenters. The fourth-order valence-corrected chi connectivity index (χ4v) is 6.28. The van der Waals surface area contributed by atoms with Crippen LogP contribution in [0.4, 0.5) is 0 Å². The van der Waals surface area contributed by atoms with E-state index in [-0.39, 0.29) is 0 Å². The van der Waals surface area contributed by atoms with Crippen LogP contribution in [0.3, 0.4) is 0 Å². The van der Waals surface area contributed by atoms with E-state index in [1.807, 2.05) is 19.1 Å². The molecule has 0 bridgehead atoms. The lowest BCUT2D eigenvalue weighted by Gasteiger charge is -2.36. The van der Waals surface area contributed by atoms with Gasteiger partial charge in [-0.15, -0.1) is 0 Å². The van der Waals surface area contributed by atoms with E-state index in [9.17, 15) is 0 Å². The molecule has 24 heavy (non-hydrogen) atoms. The van der Waals surface area contributed by atoms with Gasteiger partial charge in [-0.05, 0) is 23.2 Å². The monoisotopic (exact) mass is 342 g/mol. The number of rotatable bonds is 8. The Morgan fingerprint density at radius 1 is 0.958 bits per heavy atom. The third-order valence-electron chi connectivity index (χ3n) is 4.67. The van der Waals surface area contributed by atoms with Crippen molar-refractivity contribution in [3.8, 4) is 0 Å². The van der Waals surface area contributed by atoms with E-state index < -0.39 is 8.56 Å². The zero-order valence-electron chi connectivity index (χ0n) is 14.5. The van der Waals surface area contributed by atoms with Crippen LogP contribution in [0.1, 0.15) is 13.8 Å². The summed E-state index contributed by atoms with van der Waals surface area (Å²) in [6, 6.07) is 20.8. The summed E-state index contributed by atoms with van der Waals surface area (Å²) in [5, 5.41) is 2.32. The number of hydrogen-bond acceptors (Lipinski definition) is 3. The Morgan fingerprint density at radius 2 is 1.50 bits per heavy atom. The Kier molecular flexibility index (Phi) is 5.84. The van der Waals surface area contributed by atoms with Gasteiger partial charge in [-0.25, -0.2) is 0 Å². The molecule has 0 radical (unpaired) electrons. The van der Waals surface area contributed by atoms with E-state index in [1.165, 1.54) is 0 Å². The Balaban J connectivity index is 1.91. The first-order valence-electron chi connectivity index (χ1n) is 8.73. The van der Waals surface area contributed by atoms with Gasteiger partial charge in [0.15, 0.2) is 0 Å². The van der Waals surface area contributed by atoms with Crippen molar-refractivity contribution in [3.63, 3.8) is 0 Å².